The molecule has 1 aliphatic rings. The Kier molecular flexibility index (Phi) is 11.1. The Hall–Kier alpha value is -1.69. The Bertz CT molecular complexity index is 376. The van der Waals surface area contributed by atoms with E-state index < -0.39 is 4.92 Å². The van der Waals surface area contributed by atoms with Crippen molar-refractivity contribution in [3.8, 4) is 5.88 Å². The molecule has 0 unspecified atom stereocenters. The summed E-state index contributed by atoms with van der Waals surface area (Å²) in [5.41, 5.74) is -0.0168. The van der Waals surface area contributed by atoms with Crippen molar-refractivity contribution in [2.45, 2.75) is 40.5 Å². The summed E-state index contributed by atoms with van der Waals surface area (Å²) in [5, 5.41) is 10.4. The van der Waals surface area contributed by atoms with Crippen molar-refractivity contribution in [1.29, 1.82) is 0 Å². The normalized spacial score (nSPS) is 13.5. The van der Waals surface area contributed by atoms with Crippen LogP contribution in [-0.4, -0.2) is 41.0 Å². The molecule has 1 aromatic heterocycles. The molecule has 6 heteroatoms. The summed E-state index contributed by atoms with van der Waals surface area (Å²) in [6.45, 7) is 11.7. The number of likely N-dealkylation sites (tertiary alicyclic amines) is 1. The average Bonchev–Trinajstić information content (AvgIpc) is 3.05. The first-order chi connectivity index (χ1) is 10.3. The van der Waals surface area contributed by atoms with Gasteiger partial charge in [-0.1, -0.05) is 27.7 Å². The van der Waals surface area contributed by atoms with E-state index in [1.807, 2.05) is 27.7 Å². The molecule has 1 fully saturated rings. The molecule has 0 N–H and O–H groups in total. The Morgan fingerprint density at radius 2 is 1.86 bits per heavy atom. The third-order valence-corrected chi connectivity index (χ3v) is 2.79. The van der Waals surface area contributed by atoms with Gasteiger partial charge >= 0.3 is 0 Å². The quantitative estimate of drug-likeness (QED) is 0.614. The number of hydrogen-bond acceptors (Lipinski definition) is 5. The Labute approximate surface area is 127 Å². The zero-order valence-corrected chi connectivity index (χ0v) is 13.5. The summed E-state index contributed by atoms with van der Waals surface area (Å²) in [7, 11) is 0. The van der Waals surface area contributed by atoms with E-state index in [4.69, 9.17) is 4.74 Å². The average molecular weight is 297 g/mol. The minimum Gasteiger partial charge on any atom is -0.476 e. The number of ether oxygens (including phenoxy) is 1. The van der Waals surface area contributed by atoms with Crippen LogP contribution in [0.25, 0.3) is 0 Å². The topological polar surface area (TPSA) is 68.5 Å². The molecule has 0 amide bonds. The summed E-state index contributed by atoms with van der Waals surface area (Å²) in [6, 6.07) is 2.93. The molecule has 0 bridgehead atoms. The van der Waals surface area contributed by atoms with Crippen LogP contribution in [0.15, 0.2) is 18.3 Å². The number of aromatic nitrogens is 1. The first-order valence-corrected chi connectivity index (χ1v) is 7.71. The predicted octanol–water partition coefficient (Wildman–Crippen LogP) is 3.52. The number of rotatable bonds is 5. The van der Waals surface area contributed by atoms with E-state index in [2.05, 4.69) is 9.88 Å². The standard InChI is InChI=1S/C11H15N3O3.2C2H6/c15-14(16)10-3-4-11(12-9-10)17-8-7-13-5-1-2-6-13;2*1-2/h3-4,9H,1-2,5-8H2;2*1-2H3. The van der Waals surface area contributed by atoms with Gasteiger partial charge in [0.05, 0.1) is 4.92 Å². The van der Waals surface area contributed by atoms with Crippen LogP contribution < -0.4 is 4.74 Å². The highest BCUT2D eigenvalue weighted by molar-refractivity contribution is 5.28. The van der Waals surface area contributed by atoms with Gasteiger partial charge in [-0.15, -0.1) is 0 Å². The SMILES string of the molecule is CC.CC.O=[N+]([O-])c1ccc(OCCN2CCCC2)nc1. The van der Waals surface area contributed by atoms with Gasteiger partial charge in [0.2, 0.25) is 5.88 Å². The van der Waals surface area contributed by atoms with Crippen molar-refractivity contribution in [3.05, 3.63) is 28.4 Å². The second-order valence-electron chi connectivity index (χ2n) is 4.01. The highest BCUT2D eigenvalue weighted by Crippen LogP contribution is 2.13. The second kappa shape index (κ2) is 12.1. The summed E-state index contributed by atoms with van der Waals surface area (Å²) in [6.07, 6.45) is 3.73. The van der Waals surface area contributed by atoms with Crippen LogP contribution in [0.4, 0.5) is 5.69 Å². The first-order valence-electron chi connectivity index (χ1n) is 7.71. The highest BCUT2D eigenvalue weighted by Gasteiger charge is 2.11. The van der Waals surface area contributed by atoms with E-state index in [1.54, 1.807) is 0 Å². The molecule has 21 heavy (non-hydrogen) atoms. The summed E-state index contributed by atoms with van der Waals surface area (Å²) in [4.78, 5) is 16.2. The van der Waals surface area contributed by atoms with Crippen molar-refractivity contribution < 1.29 is 9.66 Å². The van der Waals surface area contributed by atoms with E-state index in [0.29, 0.717) is 12.5 Å². The number of hydrogen-bond donors (Lipinski definition) is 0. The predicted molar refractivity (Wildman–Crippen MR) is 84.8 cm³/mol. The molecule has 0 radical (unpaired) electrons. The maximum atomic E-state index is 10.4. The lowest BCUT2D eigenvalue weighted by Crippen LogP contribution is -2.25. The molecule has 0 spiro atoms. The van der Waals surface area contributed by atoms with E-state index in [0.717, 1.165) is 19.6 Å². The lowest BCUT2D eigenvalue weighted by molar-refractivity contribution is -0.385. The summed E-state index contributed by atoms with van der Waals surface area (Å²) >= 11 is 0. The Morgan fingerprint density at radius 3 is 2.33 bits per heavy atom. The smallest absolute Gasteiger partial charge is 0.287 e. The number of nitrogens with zero attached hydrogens (tertiary/aromatic N) is 3. The lowest BCUT2D eigenvalue weighted by Gasteiger charge is -2.14. The van der Waals surface area contributed by atoms with Crippen LogP contribution in [0.1, 0.15) is 40.5 Å². The van der Waals surface area contributed by atoms with Gasteiger partial charge in [-0.05, 0) is 25.9 Å². The minimum atomic E-state index is -0.471. The molecule has 2 heterocycles. The van der Waals surface area contributed by atoms with Crippen LogP contribution in [0, 0.1) is 10.1 Å². The zero-order valence-electron chi connectivity index (χ0n) is 13.5. The van der Waals surface area contributed by atoms with Crippen LogP contribution >= 0.6 is 0 Å². The monoisotopic (exact) mass is 297 g/mol. The number of nitro groups is 1. The van der Waals surface area contributed by atoms with Crippen molar-refractivity contribution in [2.75, 3.05) is 26.2 Å². The molecule has 120 valence electrons. The van der Waals surface area contributed by atoms with Gasteiger partial charge in [-0.25, -0.2) is 4.98 Å². The summed E-state index contributed by atoms with van der Waals surface area (Å²) < 4.78 is 5.43. The van der Waals surface area contributed by atoms with Crippen molar-refractivity contribution in [2.24, 2.45) is 0 Å². The van der Waals surface area contributed by atoms with E-state index in [1.165, 1.54) is 31.2 Å². The molecular weight excluding hydrogens is 270 g/mol. The molecule has 0 aliphatic carbocycles. The van der Waals surface area contributed by atoms with E-state index in [-0.39, 0.29) is 5.69 Å². The molecule has 1 aliphatic heterocycles. The van der Waals surface area contributed by atoms with Gasteiger partial charge < -0.3 is 4.74 Å². The van der Waals surface area contributed by atoms with Crippen LogP contribution in [-0.2, 0) is 0 Å². The maximum Gasteiger partial charge on any atom is 0.287 e. The molecule has 1 saturated heterocycles. The van der Waals surface area contributed by atoms with Crippen molar-refractivity contribution in [1.82, 2.24) is 9.88 Å². The Balaban J connectivity index is 0.000000921. The maximum absolute atomic E-state index is 10.4. The van der Waals surface area contributed by atoms with Crippen molar-refractivity contribution in [3.63, 3.8) is 0 Å². The van der Waals surface area contributed by atoms with Gasteiger partial charge in [0.25, 0.3) is 5.69 Å². The molecule has 0 atom stereocenters. The van der Waals surface area contributed by atoms with Crippen molar-refractivity contribution >= 4 is 5.69 Å². The van der Waals surface area contributed by atoms with E-state index >= 15 is 0 Å². The Morgan fingerprint density at radius 1 is 1.24 bits per heavy atom. The third kappa shape index (κ3) is 7.60. The van der Waals surface area contributed by atoms with Gasteiger partial charge in [0, 0.05) is 18.7 Å². The number of pyridine rings is 1. The fourth-order valence-corrected chi connectivity index (χ4v) is 1.85. The first kappa shape index (κ1) is 19.3. The van der Waals surface area contributed by atoms with Gasteiger partial charge in [0.1, 0.15) is 12.8 Å². The minimum absolute atomic E-state index is 0.0168. The molecule has 1 aromatic rings. The van der Waals surface area contributed by atoms with Crippen LogP contribution in [0.2, 0.25) is 0 Å². The lowest BCUT2D eigenvalue weighted by atomic mass is 10.4. The summed E-state index contributed by atoms with van der Waals surface area (Å²) in [5.74, 6) is 0.440. The molecule has 2 rings (SSSR count). The molecule has 0 aromatic carbocycles. The fraction of sp³-hybridized carbons (Fsp3) is 0.667. The van der Waals surface area contributed by atoms with Crippen LogP contribution in [0.3, 0.4) is 0 Å². The second-order valence-corrected chi connectivity index (χ2v) is 4.01. The zero-order chi connectivity index (χ0) is 16.1. The van der Waals surface area contributed by atoms with Gasteiger partial charge in [0.15, 0.2) is 0 Å². The van der Waals surface area contributed by atoms with Gasteiger partial charge in [-0.2, -0.15) is 0 Å². The molecule has 6 nitrogen and oxygen atoms in total. The molecule has 0 saturated carbocycles. The van der Waals surface area contributed by atoms with Gasteiger partial charge in [-0.3, -0.25) is 15.0 Å². The third-order valence-electron chi connectivity index (χ3n) is 2.79. The largest absolute Gasteiger partial charge is 0.476 e. The molecular formula is C15H27N3O3. The van der Waals surface area contributed by atoms with E-state index in [9.17, 15) is 10.1 Å². The highest BCUT2D eigenvalue weighted by atomic mass is 16.6. The van der Waals surface area contributed by atoms with Crippen LogP contribution in [0.5, 0.6) is 5.88 Å². The fourth-order valence-electron chi connectivity index (χ4n) is 1.85.